The van der Waals surface area contributed by atoms with Crippen LogP contribution in [0.4, 0.5) is 0 Å². The van der Waals surface area contributed by atoms with Crippen LogP contribution in [0.1, 0.15) is 0 Å². The van der Waals surface area contributed by atoms with Gasteiger partial charge >= 0.3 is 5.97 Å². The van der Waals surface area contributed by atoms with Gasteiger partial charge in [0.1, 0.15) is 0 Å². The minimum Gasteiger partial charge on any atom is -0.466 e. The Morgan fingerprint density at radius 2 is 2.36 bits per heavy atom. The molecule has 1 aliphatic rings. The van der Waals surface area contributed by atoms with E-state index in [1.165, 1.54) is 13.2 Å². The van der Waals surface area contributed by atoms with Crippen molar-refractivity contribution in [2.45, 2.75) is 12.4 Å². The zero-order chi connectivity index (χ0) is 10.7. The topological polar surface area (TPSA) is 72.8 Å². The molecule has 0 amide bonds. The van der Waals surface area contributed by atoms with Crippen LogP contribution < -0.4 is 0 Å². The molecule has 0 saturated carbocycles. The molecule has 5 nitrogen and oxygen atoms in total. The zero-order valence-corrected chi connectivity index (χ0v) is 7.60. The van der Waals surface area contributed by atoms with Gasteiger partial charge in [-0.3, -0.25) is 4.79 Å². The fourth-order valence-electron chi connectivity index (χ4n) is 1.01. The lowest BCUT2D eigenvalue weighted by molar-refractivity contribution is -0.150. The van der Waals surface area contributed by atoms with Crippen molar-refractivity contribution in [1.82, 2.24) is 0 Å². The van der Waals surface area contributed by atoms with Gasteiger partial charge in [0.05, 0.1) is 12.7 Å². The third-order valence-electron chi connectivity index (χ3n) is 1.72. The summed E-state index contributed by atoms with van der Waals surface area (Å²) in [5.74, 6) is -1.17. The maximum absolute atomic E-state index is 11.2. The molecule has 14 heavy (non-hydrogen) atoms. The van der Waals surface area contributed by atoms with Crippen molar-refractivity contribution in [2.24, 2.45) is 0 Å². The second kappa shape index (κ2) is 4.17. The number of ether oxygens (including phenoxy) is 2. The molecule has 0 bridgehead atoms. The molecule has 5 heteroatoms. The molecule has 0 fully saturated rings. The highest BCUT2D eigenvalue weighted by atomic mass is 16.6. The summed E-state index contributed by atoms with van der Waals surface area (Å²) in [7, 11) is 1.17. The average Bonchev–Trinajstić information content (AvgIpc) is 2.19. The Kier molecular flexibility index (Phi) is 3.16. The van der Waals surface area contributed by atoms with E-state index in [4.69, 9.17) is 9.84 Å². The standard InChI is InChI=1S/C9H10O5/c1-5(9(12)13-2)8-6(10)3-4-7(11)14-8/h3-4,7-8,11H,1H2,2H3/t7-,8+/m0/s1. The summed E-state index contributed by atoms with van der Waals surface area (Å²) in [6.45, 7) is 3.37. The second-order valence-electron chi connectivity index (χ2n) is 2.68. The van der Waals surface area contributed by atoms with E-state index >= 15 is 0 Å². The Hall–Kier alpha value is -1.46. The van der Waals surface area contributed by atoms with E-state index in [-0.39, 0.29) is 5.57 Å². The highest BCUT2D eigenvalue weighted by Gasteiger charge is 2.30. The largest absolute Gasteiger partial charge is 0.466 e. The van der Waals surface area contributed by atoms with Gasteiger partial charge < -0.3 is 14.6 Å². The zero-order valence-electron chi connectivity index (χ0n) is 7.60. The molecule has 0 saturated heterocycles. The normalized spacial score (nSPS) is 26.0. The van der Waals surface area contributed by atoms with Crippen LogP contribution in [0.2, 0.25) is 0 Å². The molecular weight excluding hydrogens is 188 g/mol. The maximum Gasteiger partial charge on any atom is 0.336 e. The third-order valence-corrected chi connectivity index (χ3v) is 1.72. The monoisotopic (exact) mass is 198 g/mol. The van der Waals surface area contributed by atoms with E-state index < -0.39 is 24.1 Å². The Labute approximate surface area is 80.6 Å². The summed E-state index contributed by atoms with van der Waals surface area (Å²) in [5, 5.41) is 9.05. The first kappa shape index (κ1) is 10.6. The first-order valence-corrected chi connectivity index (χ1v) is 3.89. The maximum atomic E-state index is 11.2. The highest BCUT2D eigenvalue weighted by molar-refractivity contribution is 6.04. The fraction of sp³-hybridized carbons (Fsp3) is 0.333. The first-order valence-electron chi connectivity index (χ1n) is 3.89. The van der Waals surface area contributed by atoms with Crippen molar-refractivity contribution in [3.8, 4) is 0 Å². The van der Waals surface area contributed by atoms with Crippen molar-refractivity contribution >= 4 is 11.8 Å². The molecular formula is C9H10O5. The number of hydrogen-bond donors (Lipinski definition) is 1. The first-order chi connectivity index (χ1) is 6.56. The molecule has 1 rings (SSSR count). The smallest absolute Gasteiger partial charge is 0.336 e. The quantitative estimate of drug-likeness (QED) is 0.481. The molecule has 0 spiro atoms. The predicted octanol–water partition coefficient (Wildman–Crippen LogP) is -0.442. The third kappa shape index (κ3) is 2.07. The second-order valence-corrected chi connectivity index (χ2v) is 2.68. The van der Waals surface area contributed by atoms with Crippen LogP contribution in [0.15, 0.2) is 24.3 Å². The number of esters is 1. The molecule has 1 N–H and O–H groups in total. The number of carbonyl (C=O) groups excluding carboxylic acids is 2. The molecule has 0 radical (unpaired) electrons. The number of ketones is 1. The van der Waals surface area contributed by atoms with Crippen LogP contribution in [0.25, 0.3) is 0 Å². The molecule has 1 aliphatic heterocycles. The van der Waals surface area contributed by atoms with Gasteiger partial charge in [-0.2, -0.15) is 0 Å². The lowest BCUT2D eigenvalue weighted by atomic mass is 10.1. The molecule has 0 unspecified atom stereocenters. The van der Waals surface area contributed by atoms with E-state index in [0.29, 0.717) is 0 Å². The van der Waals surface area contributed by atoms with Crippen LogP contribution in [-0.2, 0) is 19.1 Å². The lowest BCUT2D eigenvalue weighted by Crippen LogP contribution is -2.35. The van der Waals surface area contributed by atoms with Crippen LogP contribution in [0, 0.1) is 0 Å². The van der Waals surface area contributed by atoms with Gasteiger partial charge in [-0.25, -0.2) is 4.79 Å². The molecule has 76 valence electrons. The van der Waals surface area contributed by atoms with Gasteiger partial charge in [0.15, 0.2) is 18.2 Å². The fourth-order valence-corrected chi connectivity index (χ4v) is 1.01. The van der Waals surface area contributed by atoms with Crippen molar-refractivity contribution in [3.05, 3.63) is 24.3 Å². The van der Waals surface area contributed by atoms with Gasteiger partial charge in [-0.05, 0) is 12.2 Å². The van der Waals surface area contributed by atoms with Gasteiger partial charge in [0, 0.05) is 0 Å². The average molecular weight is 198 g/mol. The van der Waals surface area contributed by atoms with E-state index in [9.17, 15) is 9.59 Å². The van der Waals surface area contributed by atoms with Crippen LogP contribution in [0.5, 0.6) is 0 Å². The summed E-state index contributed by atoms with van der Waals surface area (Å²) in [4.78, 5) is 22.2. The van der Waals surface area contributed by atoms with Crippen molar-refractivity contribution < 1.29 is 24.2 Å². The number of carbonyl (C=O) groups is 2. The lowest BCUT2D eigenvalue weighted by Gasteiger charge is -2.21. The molecule has 0 aromatic heterocycles. The van der Waals surface area contributed by atoms with Crippen molar-refractivity contribution in [2.75, 3.05) is 7.11 Å². The number of aliphatic hydroxyl groups excluding tert-OH is 1. The van der Waals surface area contributed by atoms with Crippen LogP contribution >= 0.6 is 0 Å². The van der Waals surface area contributed by atoms with Gasteiger partial charge in [0.2, 0.25) is 0 Å². The summed E-state index contributed by atoms with van der Waals surface area (Å²) in [5.41, 5.74) is -0.124. The summed E-state index contributed by atoms with van der Waals surface area (Å²) >= 11 is 0. The molecule has 0 aromatic rings. The number of methoxy groups -OCH3 is 1. The Balaban J connectivity index is 2.78. The van der Waals surface area contributed by atoms with Gasteiger partial charge in [0.25, 0.3) is 0 Å². The molecule has 0 aliphatic carbocycles. The summed E-state index contributed by atoms with van der Waals surface area (Å²) in [6.07, 6.45) is -0.0161. The van der Waals surface area contributed by atoms with Gasteiger partial charge in [-0.15, -0.1) is 0 Å². The highest BCUT2D eigenvalue weighted by Crippen LogP contribution is 2.15. The Morgan fingerprint density at radius 1 is 1.71 bits per heavy atom. The molecule has 0 aromatic carbocycles. The van der Waals surface area contributed by atoms with E-state index in [1.807, 2.05) is 0 Å². The van der Waals surface area contributed by atoms with E-state index in [0.717, 1.165) is 6.08 Å². The molecule has 2 atom stereocenters. The Bertz CT molecular complexity index is 304. The number of rotatable bonds is 2. The van der Waals surface area contributed by atoms with E-state index in [2.05, 4.69) is 11.3 Å². The summed E-state index contributed by atoms with van der Waals surface area (Å²) in [6, 6.07) is 0. The van der Waals surface area contributed by atoms with Crippen molar-refractivity contribution in [1.29, 1.82) is 0 Å². The predicted molar refractivity (Wildman–Crippen MR) is 46.2 cm³/mol. The van der Waals surface area contributed by atoms with Crippen LogP contribution in [-0.4, -0.2) is 36.4 Å². The van der Waals surface area contributed by atoms with Crippen LogP contribution in [0.3, 0.4) is 0 Å². The molecule has 1 heterocycles. The van der Waals surface area contributed by atoms with Gasteiger partial charge in [-0.1, -0.05) is 6.58 Å². The minimum atomic E-state index is -1.20. The minimum absolute atomic E-state index is 0.124. The van der Waals surface area contributed by atoms with E-state index in [1.54, 1.807) is 0 Å². The number of aliphatic hydroxyl groups is 1. The SMILES string of the molecule is C=C(C(=O)OC)[C@H]1O[C@H](O)C=CC1=O. The summed E-state index contributed by atoms with van der Waals surface area (Å²) < 4.78 is 9.17. The Morgan fingerprint density at radius 3 is 2.93 bits per heavy atom. The van der Waals surface area contributed by atoms with Crippen molar-refractivity contribution in [3.63, 3.8) is 0 Å². The number of hydrogen-bond acceptors (Lipinski definition) is 5.